The Morgan fingerprint density at radius 3 is 2.42 bits per heavy atom. The summed E-state index contributed by atoms with van der Waals surface area (Å²) < 4.78 is 37.3. The second-order valence-corrected chi connectivity index (χ2v) is 3.99. The number of aryl methyl sites for hydroxylation is 1. The van der Waals surface area contributed by atoms with Crippen molar-refractivity contribution in [1.82, 2.24) is 4.98 Å². The van der Waals surface area contributed by atoms with Crippen molar-refractivity contribution in [1.29, 1.82) is 0 Å². The highest BCUT2D eigenvalue weighted by Crippen LogP contribution is 2.22. The van der Waals surface area contributed by atoms with E-state index in [2.05, 4.69) is 4.98 Å². The average molecular weight is 276 g/mol. The number of carboxylic acid groups (broad SMARTS) is 1. The molecule has 0 aliphatic carbocycles. The van der Waals surface area contributed by atoms with Crippen molar-refractivity contribution in [2.45, 2.75) is 26.4 Å². The van der Waals surface area contributed by atoms with Crippen molar-refractivity contribution in [3.8, 4) is 0 Å². The number of rotatable bonds is 5. The van der Waals surface area contributed by atoms with Crippen LogP contribution in [0.5, 0.6) is 0 Å². The number of carbonyl (C=O) groups is 1. The fourth-order valence-electron chi connectivity index (χ4n) is 1.61. The van der Waals surface area contributed by atoms with E-state index >= 15 is 0 Å². The minimum atomic E-state index is -4.36. The summed E-state index contributed by atoms with van der Waals surface area (Å²) >= 11 is 0. The third-order valence-corrected chi connectivity index (χ3v) is 2.55. The Bertz CT molecular complexity index is 461. The minimum absolute atomic E-state index is 0.0385. The third kappa shape index (κ3) is 4.42. The van der Waals surface area contributed by atoms with Gasteiger partial charge in [0.1, 0.15) is 12.4 Å². The molecule has 106 valence electrons. The molecule has 0 radical (unpaired) electrons. The van der Waals surface area contributed by atoms with Crippen LogP contribution >= 0.6 is 0 Å². The van der Waals surface area contributed by atoms with E-state index in [-0.39, 0.29) is 17.9 Å². The van der Waals surface area contributed by atoms with Gasteiger partial charge in [-0.2, -0.15) is 13.2 Å². The first-order valence-corrected chi connectivity index (χ1v) is 5.82. The fraction of sp³-hybridized carbons (Fsp3) is 0.500. The molecule has 7 heteroatoms. The fourth-order valence-corrected chi connectivity index (χ4v) is 1.61. The van der Waals surface area contributed by atoms with E-state index in [1.807, 2.05) is 0 Å². The van der Waals surface area contributed by atoms with Gasteiger partial charge >= 0.3 is 12.1 Å². The van der Waals surface area contributed by atoms with Crippen LogP contribution in [-0.2, 0) is 6.42 Å². The molecular weight excluding hydrogens is 261 g/mol. The van der Waals surface area contributed by atoms with Crippen LogP contribution in [0, 0.1) is 0 Å². The van der Waals surface area contributed by atoms with Crippen LogP contribution in [0.2, 0.25) is 0 Å². The molecule has 1 aromatic rings. The molecule has 0 saturated heterocycles. The van der Waals surface area contributed by atoms with Gasteiger partial charge < -0.3 is 10.0 Å². The standard InChI is InChI=1S/C12H15F3N2O2/c1-3-9-5-8(11(18)19)6-10(16-9)17(4-2)7-12(13,14)15/h5-6H,3-4,7H2,1-2H3,(H,18,19). The van der Waals surface area contributed by atoms with Gasteiger partial charge in [0.2, 0.25) is 0 Å². The Kier molecular flexibility index (Phi) is 4.74. The largest absolute Gasteiger partial charge is 0.478 e. The molecular formula is C12H15F3N2O2. The van der Waals surface area contributed by atoms with Crippen molar-refractivity contribution in [2.24, 2.45) is 0 Å². The number of hydrogen-bond acceptors (Lipinski definition) is 3. The molecule has 1 N–H and O–H groups in total. The molecule has 0 aromatic carbocycles. The van der Waals surface area contributed by atoms with Gasteiger partial charge in [-0.05, 0) is 25.5 Å². The van der Waals surface area contributed by atoms with Crippen LogP contribution in [-0.4, -0.2) is 35.3 Å². The first-order chi connectivity index (χ1) is 8.76. The van der Waals surface area contributed by atoms with Crippen LogP contribution in [0.3, 0.4) is 0 Å². The minimum Gasteiger partial charge on any atom is -0.478 e. The van der Waals surface area contributed by atoms with E-state index in [4.69, 9.17) is 5.11 Å². The Hall–Kier alpha value is -1.79. The lowest BCUT2D eigenvalue weighted by Crippen LogP contribution is -2.35. The summed E-state index contributed by atoms with van der Waals surface area (Å²) in [6.45, 7) is 2.27. The van der Waals surface area contributed by atoms with Crippen LogP contribution in [0.15, 0.2) is 12.1 Å². The van der Waals surface area contributed by atoms with Crippen molar-refractivity contribution in [2.75, 3.05) is 18.0 Å². The molecule has 0 fully saturated rings. The molecule has 1 heterocycles. The summed E-state index contributed by atoms with van der Waals surface area (Å²) in [6, 6.07) is 2.53. The van der Waals surface area contributed by atoms with E-state index < -0.39 is 18.7 Å². The second kappa shape index (κ2) is 5.90. The first-order valence-electron chi connectivity index (χ1n) is 5.82. The monoisotopic (exact) mass is 276 g/mol. The number of halogens is 3. The lowest BCUT2D eigenvalue weighted by Gasteiger charge is -2.24. The van der Waals surface area contributed by atoms with Crippen LogP contribution < -0.4 is 4.90 Å². The van der Waals surface area contributed by atoms with Crippen LogP contribution in [0.4, 0.5) is 19.0 Å². The molecule has 19 heavy (non-hydrogen) atoms. The lowest BCUT2D eigenvalue weighted by atomic mass is 10.2. The highest BCUT2D eigenvalue weighted by Gasteiger charge is 2.31. The SMILES string of the molecule is CCc1cc(C(=O)O)cc(N(CC)CC(F)(F)F)n1. The van der Waals surface area contributed by atoms with Crippen molar-refractivity contribution < 1.29 is 23.1 Å². The quantitative estimate of drug-likeness (QED) is 0.898. The van der Waals surface area contributed by atoms with E-state index in [1.165, 1.54) is 6.07 Å². The number of pyridine rings is 1. The molecule has 0 aliphatic heterocycles. The van der Waals surface area contributed by atoms with Gasteiger partial charge in [-0.15, -0.1) is 0 Å². The molecule has 4 nitrogen and oxygen atoms in total. The van der Waals surface area contributed by atoms with E-state index in [9.17, 15) is 18.0 Å². The molecule has 0 atom stereocenters. The van der Waals surface area contributed by atoms with E-state index in [1.54, 1.807) is 13.8 Å². The molecule has 0 spiro atoms. The summed E-state index contributed by atoms with van der Waals surface area (Å²) in [6.07, 6.45) is -3.90. The molecule has 0 unspecified atom stereocenters. The first kappa shape index (κ1) is 15.3. The zero-order valence-electron chi connectivity index (χ0n) is 10.7. The summed E-state index contributed by atoms with van der Waals surface area (Å²) in [5.74, 6) is -1.14. The average Bonchev–Trinajstić information content (AvgIpc) is 2.34. The van der Waals surface area contributed by atoms with Gasteiger partial charge in [0.15, 0.2) is 0 Å². The Morgan fingerprint density at radius 1 is 1.37 bits per heavy atom. The van der Waals surface area contributed by atoms with Gasteiger partial charge in [-0.3, -0.25) is 0 Å². The molecule has 0 saturated carbocycles. The maximum absolute atomic E-state index is 12.4. The summed E-state index contributed by atoms with van der Waals surface area (Å²) in [4.78, 5) is 16.0. The van der Waals surface area contributed by atoms with Gasteiger partial charge in [-0.25, -0.2) is 9.78 Å². The predicted octanol–water partition coefficient (Wildman–Crippen LogP) is 2.73. The molecule has 0 bridgehead atoms. The Labute approximate surface area is 108 Å². The lowest BCUT2D eigenvalue weighted by molar-refractivity contribution is -0.119. The Morgan fingerprint density at radius 2 is 2.00 bits per heavy atom. The molecule has 0 aliphatic rings. The summed E-state index contributed by atoms with van der Waals surface area (Å²) in [7, 11) is 0. The van der Waals surface area contributed by atoms with Crippen molar-refractivity contribution in [3.63, 3.8) is 0 Å². The van der Waals surface area contributed by atoms with Crippen LogP contribution in [0.25, 0.3) is 0 Å². The summed E-state index contributed by atoms with van der Waals surface area (Å²) in [5, 5.41) is 8.95. The number of alkyl halides is 3. The predicted molar refractivity (Wildman–Crippen MR) is 64.5 cm³/mol. The molecule has 1 rings (SSSR count). The topological polar surface area (TPSA) is 53.4 Å². The highest BCUT2D eigenvalue weighted by atomic mass is 19.4. The number of aromatic carboxylic acids is 1. The summed E-state index contributed by atoms with van der Waals surface area (Å²) in [5.41, 5.74) is 0.401. The van der Waals surface area contributed by atoms with Gasteiger partial charge in [0, 0.05) is 12.2 Å². The third-order valence-electron chi connectivity index (χ3n) is 2.55. The number of hydrogen-bond donors (Lipinski definition) is 1. The zero-order valence-corrected chi connectivity index (χ0v) is 10.7. The maximum Gasteiger partial charge on any atom is 0.405 e. The molecule has 0 amide bonds. The highest BCUT2D eigenvalue weighted by molar-refractivity contribution is 5.88. The smallest absolute Gasteiger partial charge is 0.405 e. The van der Waals surface area contributed by atoms with Gasteiger partial charge in [-0.1, -0.05) is 6.92 Å². The number of anilines is 1. The van der Waals surface area contributed by atoms with E-state index in [0.29, 0.717) is 12.1 Å². The van der Waals surface area contributed by atoms with Crippen LogP contribution in [0.1, 0.15) is 29.9 Å². The number of nitrogens with zero attached hydrogens (tertiary/aromatic N) is 2. The normalized spacial score (nSPS) is 11.4. The van der Waals surface area contributed by atoms with Crippen molar-refractivity contribution >= 4 is 11.8 Å². The zero-order chi connectivity index (χ0) is 14.6. The Balaban J connectivity index is 3.15. The van der Waals surface area contributed by atoms with Gasteiger partial charge in [0.25, 0.3) is 0 Å². The van der Waals surface area contributed by atoms with Crippen molar-refractivity contribution in [3.05, 3.63) is 23.4 Å². The number of aromatic nitrogens is 1. The second-order valence-electron chi connectivity index (χ2n) is 3.99. The number of carboxylic acids is 1. The maximum atomic E-state index is 12.4. The molecule has 1 aromatic heterocycles. The van der Waals surface area contributed by atoms with E-state index in [0.717, 1.165) is 11.0 Å². The van der Waals surface area contributed by atoms with Gasteiger partial charge in [0.05, 0.1) is 5.56 Å².